The Hall–Kier alpha value is -2.53. The third kappa shape index (κ3) is 3.68. The van der Waals surface area contributed by atoms with Gasteiger partial charge in [-0.2, -0.15) is 4.98 Å². The summed E-state index contributed by atoms with van der Waals surface area (Å²) in [6.45, 7) is 3.95. The minimum atomic E-state index is 0.523. The second-order valence-electron chi connectivity index (χ2n) is 6.86. The Bertz CT molecular complexity index is 846. The summed E-state index contributed by atoms with van der Waals surface area (Å²) >= 11 is 0. The van der Waals surface area contributed by atoms with E-state index in [0.717, 1.165) is 31.5 Å². The molecule has 0 amide bonds. The van der Waals surface area contributed by atoms with Crippen LogP contribution in [0.25, 0.3) is 11.5 Å². The van der Waals surface area contributed by atoms with Gasteiger partial charge < -0.3 is 4.52 Å². The first-order valence-corrected chi connectivity index (χ1v) is 9.38. The van der Waals surface area contributed by atoms with E-state index in [1.165, 1.54) is 17.5 Å². The number of rotatable bonds is 6. The highest BCUT2D eigenvalue weighted by Crippen LogP contribution is 2.26. The van der Waals surface area contributed by atoms with Crippen molar-refractivity contribution in [3.8, 4) is 11.5 Å². The lowest BCUT2D eigenvalue weighted by Crippen LogP contribution is -2.39. The number of pyridine rings is 1. The summed E-state index contributed by atoms with van der Waals surface area (Å²) in [4.78, 5) is 11.3. The first kappa shape index (κ1) is 16.9. The summed E-state index contributed by atoms with van der Waals surface area (Å²) in [6, 6.07) is 15.0. The zero-order valence-electron chi connectivity index (χ0n) is 15.1. The van der Waals surface area contributed by atoms with E-state index in [1.54, 1.807) is 6.20 Å². The highest BCUT2D eigenvalue weighted by atomic mass is 16.5. The fraction of sp³-hybridized carbons (Fsp3) is 0.381. The molecule has 5 nitrogen and oxygen atoms in total. The molecule has 1 aliphatic rings. The first-order chi connectivity index (χ1) is 12.8. The van der Waals surface area contributed by atoms with E-state index >= 15 is 0 Å². The molecule has 26 heavy (non-hydrogen) atoms. The molecule has 0 saturated heterocycles. The van der Waals surface area contributed by atoms with Gasteiger partial charge in [-0.15, -0.1) is 0 Å². The molecule has 0 saturated carbocycles. The lowest BCUT2D eigenvalue weighted by atomic mass is 9.87. The zero-order chi connectivity index (χ0) is 17.8. The topological polar surface area (TPSA) is 55.1 Å². The zero-order valence-corrected chi connectivity index (χ0v) is 15.1. The molecule has 1 aromatic carbocycles. The standard InChI is InChI=1S/C21H24N4O/c1-2-13-25(18-11-10-16-7-3-4-8-17(16)14-18)15-20-23-21(24-26-20)19-9-5-6-12-22-19/h3-9,12,18H,2,10-11,13-15H2,1H3/t18-/m0/s1. The second-order valence-corrected chi connectivity index (χ2v) is 6.86. The molecule has 0 aliphatic heterocycles. The van der Waals surface area contributed by atoms with Gasteiger partial charge in [-0.1, -0.05) is 42.4 Å². The summed E-state index contributed by atoms with van der Waals surface area (Å²) in [5, 5.41) is 4.11. The van der Waals surface area contributed by atoms with Crippen LogP contribution in [0.5, 0.6) is 0 Å². The van der Waals surface area contributed by atoms with E-state index < -0.39 is 0 Å². The maximum absolute atomic E-state index is 5.51. The van der Waals surface area contributed by atoms with E-state index in [4.69, 9.17) is 4.52 Å². The minimum absolute atomic E-state index is 0.523. The largest absolute Gasteiger partial charge is 0.337 e. The van der Waals surface area contributed by atoms with Crippen LogP contribution < -0.4 is 0 Å². The monoisotopic (exact) mass is 348 g/mol. The highest BCUT2D eigenvalue weighted by Gasteiger charge is 2.25. The molecule has 3 aromatic rings. The van der Waals surface area contributed by atoms with Gasteiger partial charge in [-0.05, 0) is 55.5 Å². The molecule has 0 bridgehead atoms. The Morgan fingerprint density at radius 1 is 1.12 bits per heavy atom. The molecule has 0 N–H and O–H groups in total. The molecule has 0 unspecified atom stereocenters. The van der Waals surface area contributed by atoms with Crippen molar-refractivity contribution < 1.29 is 4.52 Å². The molecule has 0 fully saturated rings. The van der Waals surface area contributed by atoms with Crippen molar-refractivity contribution in [1.29, 1.82) is 0 Å². The highest BCUT2D eigenvalue weighted by molar-refractivity contribution is 5.47. The smallest absolute Gasteiger partial charge is 0.241 e. The van der Waals surface area contributed by atoms with Crippen LogP contribution >= 0.6 is 0 Å². The van der Waals surface area contributed by atoms with Crippen molar-refractivity contribution >= 4 is 0 Å². The van der Waals surface area contributed by atoms with Gasteiger partial charge in [0.15, 0.2) is 0 Å². The van der Waals surface area contributed by atoms with Crippen molar-refractivity contribution in [3.05, 3.63) is 65.7 Å². The summed E-state index contributed by atoms with van der Waals surface area (Å²) < 4.78 is 5.51. The SMILES string of the molecule is CCCN(Cc1nc(-c2ccccn2)no1)[C@H]1CCc2ccccc2C1. The summed E-state index contributed by atoms with van der Waals surface area (Å²) in [6.07, 6.45) is 6.27. The van der Waals surface area contributed by atoms with E-state index in [-0.39, 0.29) is 0 Å². The Kier molecular flexibility index (Phi) is 5.07. The van der Waals surface area contributed by atoms with Gasteiger partial charge >= 0.3 is 0 Å². The first-order valence-electron chi connectivity index (χ1n) is 9.38. The molecule has 2 heterocycles. The molecule has 0 spiro atoms. The van der Waals surface area contributed by atoms with Crippen molar-refractivity contribution in [2.45, 2.75) is 45.2 Å². The van der Waals surface area contributed by atoms with E-state index in [9.17, 15) is 0 Å². The van der Waals surface area contributed by atoms with Gasteiger partial charge in [0.05, 0.1) is 6.54 Å². The van der Waals surface area contributed by atoms with Gasteiger partial charge in [0.25, 0.3) is 0 Å². The Morgan fingerprint density at radius 3 is 2.77 bits per heavy atom. The molecule has 4 rings (SSSR count). The van der Waals surface area contributed by atoms with Crippen LogP contribution in [0.1, 0.15) is 36.8 Å². The van der Waals surface area contributed by atoms with Crippen LogP contribution in [-0.2, 0) is 19.4 Å². The molecular weight excluding hydrogens is 324 g/mol. The predicted octanol–water partition coefficient (Wildman–Crippen LogP) is 3.90. The quantitative estimate of drug-likeness (QED) is 0.676. The van der Waals surface area contributed by atoms with Crippen LogP contribution in [0.4, 0.5) is 0 Å². The number of hydrogen-bond donors (Lipinski definition) is 0. The van der Waals surface area contributed by atoms with Crippen LogP contribution in [0.15, 0.2) is 53.2 Å². The molecule has 2 aromatic heterocycles. The molecule has 1 aliphatic carbocycles. The number of fused-ring (bicyclic) bond motifs is 1. The molecule has 5 heteroatoms. The third-order valence-corrected chi connectivity index (χ3v) is 5.05. The van der Waals surface area contributed by atoms with Crippen molar-refractivity contribution in [3.63, 3.8) is 0 Å². The number of hydrogen-bond acceptors (Lipinski definition) is 5. The molecule has 1 atom stereocenters. The van der Waals surface area contributed by atoms with E-state index in [1.807, 2.05) is 18.2 Å². The van der Waals surface area contributed by atoms with E-state index in [0.29, 0.717) is 24.3 Å². The average molecular weight is 348 g/mol. The van der Waals surface area contributed by atoms with E-state index in [2.05, 4.69) is 51.2 Å². The summed E-state index contributed by atoms with van der Waals surface area (Å²) in [5.74, 6) is 1.23. The second kappa shape index (κ2) is 7.79. The predicted molar refractivity (Wildman–Crippen MR) is 100 cm³/mol. The van der Waals surface area contributed by atoms with Crippen molar-refractivity contribution in [1.82, 2.24) is 20.0 Å². The molecular formula is C21H24N4O. The minimum Gasteiger partial charge on any atom is -0.337 e. The number of aromatic nitrogens is 3. The van der Waals surface area contributed by atoms with Crippen LogP contribution in [0.2, 0.25) is 0 Å². The summed E-state index contributed by atoms with van der Waals surface area (Å²) in [5.41, 5.74) is 3.72. The van der Waals surface area contributed by atoms with Gasteiger partial charge in [-0.25, -0.2) is 0 Å². The number of nitrogens with zero attached hydrogens (tertiary/aromatic N) is 4. The normalized spacial score (nSPS) is 16.6. The third-order valence-electron chi connectivity index (χ3n) is 5.05. The molecule has 134 valence electrons. The van der Waals surface area contributed by atoms with Crippen LogP contribution in [-0.4, -0.2) is 32.6 Å². The fourth-order valence-corrected chi connectivity index (χ4v) is 3.76. The number of aryl methyl sites for hydroxylation is 1. The Morgan fingerprint density at radius 2 is 1.96 bits per heavy atom. The van der Waals surface area contributed by atoms with Crippen molar-refractivity contribution in [2.75, 3.05) is 6.54 Å². The summed E-state index contributed by atoms with van der Waals surface area (Å²) in [7, 11) is 0. The average Bonchev–Trinajstić information content (AvgIpc) is 3.17. The van der Waals surface area contributed by atoms with Gasteiger partial charge in [0.1, 0.15) is 5.69 Å². The fourth-order valence-electron chi connectivity index (χ4n) is 3.76. The maximum Gasteiger partial charge on any atom is 0.241 e. The van der Waals surface area contributed by atoms with Gasteiger partial charge in [-0.3, -0.25) is 9.88 Å². The number of benzene rings is 1. The van der Waals surface area contributed by atoms with Crippen molar-refractivity contribution in [2.24, 2.45) is 0 Å². The van der Waals surface area contributed by atoms with Gasteiger partial charge in [0, 0.05) is 12.2 Å². The molecule has 0 radical (unpaired) electrons. The Balaban J connectivity index is 1.49. The van der Waals surface area contributed by atoms with Crippen LogP contribution in [0, 0.1) is 0 Å². The van der Waals surface area contributed by atoms with Gasteiger partial charge in [0.2, 0.25) is 11.7 Å². The lowest BCUT2D eigenvalue weighted by Gasteiger charge is -2.34. The maximum atomic E-state index is 5.51. The lowest BCUT2D eigenvalue weighted by molar-refractivity contribution is 0.151. The Labute approximate surface area is 154 Å². The van der Waals surface area contributed by atoms with Crippen LogP contribution in [0.3, 0.4) is 0 Å².